The number of piperazine rings is 1. The first-order valence-electron chi connectivity index (χ1n) is 8.52. The summed E-state index contributed by atoms with van der Waals surface area (Å²) in [5.41, 5.74) is 0.875. The highest BCUT2D eigenvalue weighted by Crippen LogP contribution is 2.21. The van der Waals surface area contributed by atoms with Crippen molar-refractivity contribution in [3.63, 3.8) is 0 Å². The summed E-state index contributed by atoms with van der Waals surface area (Å²) in [6.07, 6.45) is 0.344. The van der Waals surface area contributed by atoms with Crippen molar-refractivity contribution in [3.8, 4) is 0 Å². The van der Waals surface area contributed by atoms with Crippen molar-refractivity contribution >= 4 is 17.6 Å². The Hall–Kier alpha value is -2.12. The Kier molecular flexibility index (Phi) is 5.32. The molecule has 7 nitrogen and oxygen atoms in total. The van der Waals surface area contributed by atoms with Crippen LogP contribution in [0.4, 0.5) is 10.5 Å². The average Bonchev–Trinajstić information content (AvgIpc) is 2.97. The lowest BCUT2D eigenvalue weighted by molar-refractivity contribution is -0.904. The van der Waals surface area contributed by atoms with E-state index in [0.717, 1.165) is 25.3 Å². The SMILES string of the molecule is O=C(N[C@@H]1CC(=O)N(c2ccccc2)C1)N1CC[NH+](CCO)CC1. The zero-order valence-corrected chi connectivity index (χ0v) is 13.8. The summed E-state index contributed by atoms with van der Waals surface area (Å²) in [6, 6.07) is 9.31. The number of carbonyl (C=O) groups is 2. The first-order chi connectivity index (χ1) is 11.7. The van der Waals surface area contributed by atoms with Crippen molar-refractivity contribution in [1.29, 1.82) is 0 Å². The number of nitrogens with zero attached hydrogens (tertiary/aromatic N) is 2. The smallest absolute Gasteiger partial charge is 0.318 e. The topological polar surface area (TPSA) is 77.3 Å². The summed E-state index contributed by atoms with van der Waals surface area (Å²) in [5.74, 6) is 0.0451. The number of rotatable bonds is 4. The van der Waals surface area contributed by atoms with Crippen LogP contribution >= 0.6 is 0 Å². The third-order valence-electron chi connectivity index (χ3n) is 4.74. The van der Waals surface area contributed by atoms with E-state index in [1.807, 2.05) is 30.3 Å². The van der Waals surface area contributed by atoms with E-state index >= 15 is 0 Å². The Morgan fingerprint density at radius 2 is 1.96 bits per heavy atom. The van der Waals surface area contributed by atoms with Gasteiger partial charge in [0.15, 0.2) is 0 Å². The fourth-order valence-corrected chi connectivity index (χ4v) is 3.36. The van der Waals surface area contributed by atoms with Crippen molar-refractivity contribution in [2.24, 2.45) is 0 Å². The lowest BCUT2D eigenvalue weighted by Gasteiger charge is -2.32. The highest BCUT2D eigenvalue weighted by Gasteiger charge is 2.33. The van der Waals surface area contributed by atoms with Crippen LogP contribution in [0.25, 0.3) is 0 Å². The normalized spacial score (nSPS) is 22.0. The molecular weight excluding hydrogens is 308 g/mol. The van der Waals surface area contributed by atoms with E-state index in [4.69, 9.17) is 5.11 Å². The van der Waals surface area contributed by atoms with Gasteiger partial charge in [-0.05, 0) is 12.1 Å². The molecule has 0 radical (unpaired) electrons. The highest BCUT2D eigenvalue weighted by molar-refractivity contribution is 5.96. The molecule has 7 heteroatoms. The van der Waals surface area contributed by atoms with Gasteiger partial charge in [-0.1, -0.05) is 18.2 Å². The monoisotopic (exact) mass is 333 g/mol. The summed E-state index contributed by atoms with van der Waals surface area (Å²) < 4.78 is 0. The third kappa shape index (κ3) is 3.85. The minimum absolute atomic E-state index is 0.0451. The maximum atomic E-state index is 12.4. The second-order valence-corrected chi connectivity index (χ2v) is 6.40. The van der Waals surface area contributed by atoms with Crippen molar-refractivity contribution in [2.75, 3.05) is 50.8 Å². The Balaban J connectivity index is 1.50. The van der Waals surface area contributed by atoms with E-state index in [1.165, 1.54) is 4.90 Å². The number of aliphatic hydroxyl groups is 1. The minimum atomic E-state index is -0.145. The van der Waals surface area contributed by atoms with Gasteiger partial charge in [-0.15, -0.1) is 0 Å². The number of hydrogen-bond donors (Lipinski definition) is 3. The lowest BCUT2D eigenvalue weighted by Crippen LogP contribution is -3.15. The summed E-state index contributed by atoms with van der Waals surface area (Å²) in [7, 11) is 0. The Labute approximate surface area is 141 Å². The number of anilines is 1. The van der Waals surface area contributed by atoms with Crippen LogP contribution in [0.5, 0.6) is 0 Å². The van der Waals surface area contributed by atoms with E-state index in [9.17, 15) is 9.59 Å². The Morgan fingerprint density at radius 3 is 2.62 bits per heavy atom. The lowest BCUT2D eigenvalue weighted by atomic mass is 10.2. The van der Waals surface area contributed by atoms with E-state index in [-0.39, 0.29) is 24.6 Å². The molecule has 3 amide bonds. The molecule has 0 spiro atoms. The maximum Gasteiger partial charge on any atom is 0.318 e. The molecule has 2 heterocycles. The summed E-state index contributed by atoms with van der Waals surface area (Å²) in [6.45, 7) is 4.51. The molecule has 0 aliphatic carbocycles. The van der Waals surface area contributed by atoms with E-state index in [2.05, 4.69) is 5.32 Å². The third-order valence-corrected chi connectivity index (χ3v) is 4.74. The molecule has 1 atom stereocenters. The van der Waals surface area contributed by atoms with Gasteiger partial charge < -0.3 is 25.1 Å². The van der Waals surface area contributed by atoms with Crippen LogP contribution in [-0.2, 0) is 4.79 Å². The molecule has 24 heavy (non-hydrogen) atoms. The number of benzene rings is 1. The van der Waals surface area contributed by atoms with Gasteiger partial charge in [0.2, 0.25) is 5.91 Å². The van der Waals surface area contributed by atoms with E-state index < -0.39 is 0 Å². The molecule has 130 valence electrons. The van der Waals surface area contributed by atoms with Gasteiger partial charge in [-0.3, -0.25) is 4.79 Å². The molecule has 2 aliphatic rings. The zero-order valence-electron chi connectivity index (χ0n) is 13.8. The van der Waals surface area contributed by atoms with Crippen molar-refractivity contribution in [3.05, 3.63) is 30.3 Å². The minimum Gasteiger partial charge on any atom is -0.391 e. The molecular formula is C17H25N4O3+. The van der Waals surface area contributed by atoms with Gasteiger partial charge in [0.05, 0.1) is 38.8 Å². The molecule has 3 rings (SSSR count). The van der Waals surface area contributed by atoms with E-state index in [0.29, 0.717) is 26.1 Å². The van der Waals surface area contributed by atoms with Gasteiger partial charge in [0, 0.05) is 18.7 Å². The number of aliphatic hydroxyl groups excluding tert-OH is 1. The Bertz CT molecular complexity index is 572. The predicted molar refractivity (Wildman–Crippen MR) is 90.0 cm³/mol. The first kappa shape index (κ1) is 16.7. The fraction of sp³-hybridized carbons (Fsp3) is 0.529. The standard InChI is InChI=1S/C17H24N4O3/c22-11-10-19-6-8-20(9-7-19)17(24)18-14-12-16(23)21(13-14)15-4-2-1-3-5-15/h1-5,14,22H,6-13H2,(H,18,24)/p+1/t14-/m1/s1. The summed E-state index contributed by atoms with van der Waals surface area (Å²) in [4.78, 5) is 29.4. The van der Waals surface area contributed by atoms with Crippen molar-refractivity contribution in [1.82, 2.24) is 10.2 Å². The number of hydrogen-bond acceptors (Lipinski definition) is 3. The van der Waals surface area contributed by atoms with Crippen LogP contribution in [0.15, 0.2) is 30.3 Å². The van der Waals surface area contributed by atoms with Crippen LogP contribution < -0.4 is 15.1 Å². The maximum absolute atomic E-state index is 12.4. The summed E-state index contributed by atoms with van der Waals surface area (Å²) in [5, 5.41) is 12.0. The number of urea groups is 1. The molecule has 2 fully saturated rings. The van der Waals surface area contributed by atoms with E-state index in [1.54, 1.807) is 9.80 Å². The van der Waals surface area contributed by atoms with Crippen molar-refractivity contribution < 1.29 is 19.6 Å². The van der Waals surface area contributed by atoms with Gasteiger partial charge >= 0.3 is 6.03 Å². The van der Waals surface area contributed by atoms with Crippen LogP contribution in [-0.4, -0.2) is 73.9 Å². The molecule has 0 aromatic heterocycles. The molecule has 1 aromatic carbocycles. The Morgan fingerprint density at radius 1 is 1.25 bits per heavy atom. The van der Waals surface area contributed by atoms with Crippen LogP contribution in [0.1, 0.15) is 6.42 Å². The first-order valence-corrected chi connectivity index (χ1v) is 8.52. The average molecular weight is 333 g/mol. The largest absolute Gasteiger partial charge is 0.391 e. The number of nitrogens with one attached hydrogen (secondary N) is 2. The van der Waals surface area contributed by atoms with Gasteiger partial charge in [-0.25, -0.2) is 4.79 Å². The number of carbonyl (C=O) groups excluding carboxylic acids is 2. The number of quaternary nitrogens is 1. The van der Waals surface area contributed by atoms with Crippen LogP contribution in [0, 0.1) is 0 Å². The van der Waals surface area contributed by atoms with Gasteiger partial charge in [-0.2, -0.15) is 0 Å². The molecule has 2 aliphatic heterocycles. The fourth-order valence-electron chi connectivity index (χ4n) is 3.36. The summed E-state index contributed by atoms with van der Waals surface area (Å²) >= 11 is 0. The number of para-hydroxylation sites is 1. The molecule has 3 N–H and O–H groups in total. The molecule has 2 saturated heterocycles. The zero-order chi connectivity index (χ0) is 16.9. The van der Waals surface area contributed by atoms with Crippen molar-refractivity contribution in [2.45, 2.75) is 12.5 Å². The van der Waals surface area contributed by atoms with Gasteiger partial charge in [0.25, 0.3) is 0 Å². The van der Waals surface area contributed by atoms with Gasteiger partial charge in [0.1, 0.15) is 6.54 Å². The second-order valence-electron chi connectivity index (χ2n) is 6.40. The molecule has 0 bridgehead atoms. The van der Waals surface area contributed by atoms with Crippen LogP contribution in [0.2, 0.25) is 0 Å². The second kappa shape index (κ2) is 7.63. The highest BCUT2D eigenvalue weighted by atomic mass is 16.3. The number of amides is 3. The van der Waals surface area contributed by atoms with Crippen LogP contribution in [0.3, 0.4) is 0 Å². The molecule has 0 saturated carbocycles. The molecule has 0 unspecified atom stereocenters. The predicted octanol–water partition coefficient (Wildman–Crippen LogP) is -1.31. The quantitative estimate of drug-likeness (QED) is 0.641. The molecule has 1 aromatic rings.